The van der Waals surface area contributed by atoms with Crippen molar-refractivity contribution in [2.24, 2.45) is 5.90 Å². The van der Waals surface area contributed by atoms with E-state index in [9.17, 15) is 0 Å². The number of nitrogens with two attached hydrogens (primary N) is 1. The summed E-state index contributed by atoms with van der Waals surface area (Å²) in [6.07, 6.45) is 4.59. The van der Waals surface area contributed by atoms with Gasteiger partial charge in [-0.25, -0.2) is 0 Å². The van der Waals surface area contributed by atoms with Gasteiger partial charge in [0.2, 0.25) is 0 Å². The van der Waals surface area contributed by atoms with Crippen LogP contribution < -0.4 is 5.90 Å². The monoisotopic (exact) mass is 382 g/mol. The van der Waals surface area contributed by atoms with Crippen molar-refractivity contribution in [2.75, 3.05) is 6.54 Å². The number of hydrogen-bond acceptors (Lipinski definition) is 7. The molecule has 3 rings (SSSR count). The molecule has 3 aromatic rings. The van der Waals surface area contributed by atoms with Crippen LogP contribution in [0.5, 0.6) is 0 Å². The Bertz CT molecular complexity index is 747. The lowest BCUT2D eigenvalue weighted by atomic mass is 10.1. The van der Waals surface area contributed by atoms with Crippen LogP contribution in [-0.4, -0.2) is 21.4 Å². The van der Waals surface area contributed by atoms with E-state index in [1.165, 1.54) is 5.56 Å². The third-order valence-corrected chi connectivity index (χ3v) is 4.64. The first-order valence-corrected chi connectivity index (χ1v) is 9.39. The van der Waals surface area contributed by atoms with Crippen LogP contribution in [0.1, 0.15) is 17.0 Å². The molecule has 0 aliphatic carbocycles. The quantitative estimate of drug-likeness (QED) is 0.326. The molecular weight excluding hydrogens is 360 g/mol. The van der Waals surface area contributed by atoms with E-state index in [4.69, 9.17) is 5.90 Å². The summed E-state index contributed by atoms with van der Waals surface area (Å²) in [5.74, 6) is 4.86. The second kappa shape index (κ2) is 10.8. The molecule has 27 heavy (non-hydrogen) atoms. The van der Waals surface area contributed by atoms with E-state index in [1.807, 2.05) is 48.8 Å². The van der Waals surface area contributed by atoms with Crippen LogP contribution in [0.25, 0.3) is 0 Å². The minimum atomic E-state index is 0.785. The van der Waals surface area contributed by atoms with Crippen LogP contribution in [-0.2, 0) is 28.8 Å². The Kier molecular flexibility index (Phi) is 7.76. The highest BCUT2D eigenvalue weighted by Crippen LogP contribution is 2.19. The summed E-state index contributed by atoms with van der Waals surface area (Å²) in [7, 11) is 0. The molecule has 0 bridgehead atoms. The highest BCUT2D eigenvalue weighted by molar-refractivity contribution is 7.94. The van der Waals surface area contributed by atoms with Crippen LogP contribution in [0.15, 0.2) is 78.0 Å². The smallest absolute Gasteiger partial charge is 0.0702 e. The Labute approximate surface area is 163 Å². The van der Waals surface area contributed by atoms with Gasteiger partial charge in [0, 0.05) is 36.9 Å². The fourth-order valence-electron chi connectivity index (χ4n) is 2.71. The minimum Gasteiger partial charge on any atom is -0.291 e. The second-order valence-corrected chi connectivity index (χ2v) is 6.77. The summed E-state index contributed by atoms with van der Waals surface area (Å²) < 4.78 is 4.66. The molecule has 0 aliphatic heterocycles. The Morgan fingerprint density at radius 3 is 2.00 bits per heavy atom. The molecule has 2 N–H and O–H groups in total. The van der Waals surface area contributed by atoms with Gasteiger partial charge in [0.1, 0.15) is 0 Å². The first-order valence-electron chi connectivity index (χ1n) is 8.64. The molecule has 0 aliphatic rings. The van der Waals surface area contributed by atoms with Gasteiger partial charge in [0.15, 0.2) is 0 Å². The van der Waals surface area contributed by atoms with Crippen molar-refractivity contribution >= 4 is 12.0 Å². The number of pyridine rings is 2. The van der Waals surface area contributed by atoms with Crippen molar-refractivity contribution in [3.8, 4) is 0 Å². The lowest BCUT2D eigenvalue weighted by Crippen LogP contribution is -2.26. The Hall–Kier alpha value is -2.29. The minimum absolute atomic E-state index is 0.785. The predicted molar refractivity (Wildman–Crippen MR) is 105 cm³/mol. The summed E-state index contributed by atoms with van der Waals surface area (Å²) >= 11 is 1.08. The molecule has 1 aromatic carbocycles. The molecule has 2 heterocycles. The average molecular weight is 382 g/mol. The molecule has 0 saturated carbocycles. The molecule has 6 nitrogen and oxygen atoms in total. The molecule has 0 atom stereocenters. The maximum absolute atomic E-state index is 4.86. The molecule has 0 spiro atoms. The number of hydrogen-bond donors (Lipinski definition) is 1. The maximum atomic E-state index is 4.86. The third-order valence-electron chi connectivity index (χ3n) is 4.03. The van der Waals surface area contributed by atoms with Gasteiger partial charge in [-0.05, 0) is 48.4 Å². The van der Waals surface area contributed by atoms with Crippen LogP contribution in [0.2, 0.25) is 0 Å². The highest BCUT2D eigenvalue weighted by atomic mass is 32.2. The first kappa shape index (κ1) is 19.5. The van der Waals surface area contributed by atoms with E-state index in [1.54, 1.807) is 0 Å². The van der Waals surface area contributed by atoms with E-state index >= 15 is 0 Å². The molecule has 0 unspecified atom stereocenters. The number of nitrogens with zero attached hydrogens (tertiary/aromatic N) is 3. The molecule has 0 saturated heterocycles. The second-order valence-electron chi connectivity index (χ2n) is 5.99. The zero-order chi connectivity index (χ0) is 18.7. The van der Waals surface area contributed by atoms with Gasteiger partial charge in [0.05, 0.1) is 23.4 Å². The number of rotatable bonds is 10. The van der Waals surface area contributed by atoms with Crippen molar-refractivity contribution in [3.63, 3.8) is 0 Å². The van der Waals surface area contributed by atoms with Crippen LogP contribution in [0.4, 0.5) is 0 Å². The zero-order valence-corrected chi connectivity index (χ0v) is 15.7. The predicted octanol–water partition coefficient (Wildman–Crippen LogP) is 3.55. The number of benzene rings is 1. The zero-order valence-electron chi connectivity index (χ0n) is 14.9. The van der Waals surface area contributed by atoms with Gasteiger partial charge in [-0.1, -0.05) is 24.3 Å². The summed E-state index contributed by atoms with van der Waals surface area (Å²) in [5.41, 5.74) is 3.36. The molecule has 2 aromatic heterocycles. The third kappa shape index (κ3) is 6.74. The van der Waals surface area contributed by atoms with Gasteiger partial charge in [-0.3, -0.25) is 14.9 Å². The normalized spacial score (nSPS) is 11.0. The highest BCUT2D eigenvalue weighted by Gasteiger charge is 2.09. The average Bonchev–Trinajstić information content (AvgIpc) is 2.73. The van der Waals surface area contributed by atoms with E-state index in [2.05, 4.69) is 48.5 Å². The van der Waals surface area contributed by atoms with Crippen LogP contribution in [0, 0.1) is 0 Å². The fraction of sp³-hybridized carbons (Fsp3) is 0.200. The van der Waals surface area contributed by atoms with Crippen LogP contribution >= 0.6 is 12.0 Å². The van der Waals surface area contributed by atoms with Gasteiger partial charge in [-0.2, -0.15) is 5.90 Å². The van der Waals surface area contributed by atoms with E-state index in [-0.39, 0.29) is 0 Å². The Morgan fingerprint density at radius 1 is 0.852 bits per heavy atom. The molecule has 0 fully saturated rings. The Morgan fingerprint density at radius 2 is 1.48 bits per heavy atom. The molecular formula is C20H22N4O2S. The summed E-state index contributed by atoms with van der Waals surface area (Å²) in [6.45, 7) is 2.47. The maximum Gasteiger partial charge on any atom is 0.0702 e. The van der Waals surface area contributed by atoms with Crippen molar-refractivity contribution < 1.29 is 9.32 Å². The largest absolute Gasteiger partial charge is 0.291 e. The standard InChI is InChI=1S/C20H22N4O2S/c21-25-26-27-20-9-7-17(8-10-20)11-14-24(15-18-5-1-3-12-22-18)16-19-6-2-4-13-23-19/h1-10,12-13H,11,14-16,21H2. The van der Waals surface area contributed by atoms with Crippen molar-refractivity contribution in [1.29, 1.82) is 0 Å². The molecule has 7 heteroatoms. The molecule has 0 radical (unpaired) electrons. The van der Waals surface area contributed by atoms with Crippen molar-refractivity contribution in [2.45, 2.75) is 24.4 Å². The number of aromatic nitrogens is 2. The summed E-state index contributed by atoms with van der Waals surface area (Å²) in [4.78, 5) is 16.3. The van der Waals surface area contributed by atoms with Gasteiger partial charge in [-0.15, -0.1) is 9.32 Å². The SMILES string of the molecule is NOOSc1ccc(CCN(Cc2ccccn2)Cc2ccccn2)cc1. The lowest BCUT2D eigenvalue weighted by Gasteiger charge is -2.21. The van der Waals surface area contributed by atoms with Gasteiger partial charge >= 0.3 is 0 Å². The van der Waals surface area contributed by atoms with E-state index in [0.29, 0.717) is 0 Å². The fourth-order valence-corrected chi connectivity index (χ4v) is 3.08. The topological polar surface area (TPSA) is 73.5 Å². The first-order chi connectivity index (χ1) is 13.3. The van der Waals surface area contributed by atoms with E-state index < -0.39 is 0 Å². The van der Waals surface area contributed by atoms with E-state index in [0.717, 1.165) is 54.4 Å². The van der Waals surface area contributed by atoms with Gasteiger partial charge in [0.25, 0.3) is 0 Å². The molecule has 140 valence electrons. The Balaban J connectivity index is 1.62. The van der Waals surface area contributed by atoms with Gasteiger partial charge < -0.3 is 0 Å². The lowest BCUT2D eigenvalue weighted by molar-refractivity contribution is -0.195. The van der Waals surface area contributed by atoms with Crippen molar-refractivity contribution in [3.05, 3.63) is 90.0 Å². The van der Waals surface area contributed by atoms with Crippen molar-refractivity contribution in [1.82, 2.24) is 14.9 Å². The summed E-state index contributed by atoms with van der Waals surface area (Å²) in [5, 5.41) is 0. The summed E-state index contributed by atoms with van der Waals surface area (Å²) in [6, 6.07) is 20.2. The molecule has 0 amide bonds. The van der Waals surface area contributed by atoms with Crippen LogP contribution in [0.3, 0.4) is 0 Å².